The van der Waals surface area contributed by atoms with Crippen LogP contribution in [0, 0.1) is 6.92 Å². The molecule has 1 heterocycles. The average molecular weight is 355 g/mol. The lowest BCUT2D eigenvalue weighted by Gasteiger charge is -2.10. The van der Waals surface area contributed by atoms with Gasteiger partial charge in [0.05, 0.1) is 12.0 Å². The van der Waals surface area contributed by atoms with Gasteiger partial charge >= 0.3 is 5.97 Å². The average Bonchev–Trinajstić information content (AvgIpc) is 2.90. The maximum atomic E-state index is 12.3. The van der Waals surface area contributed by atoms with E-state index in [1.54, 1.807) is 31.2 Å². The molecule has 1 aromatic carbocycles. The molecule has 0 radical (unpaired) electrons. The van der Waals surface area contributed by atoms with Gasteiger partial charge in [0.1, 0.15) is 4.88 Å². The Morgan fingerprint density at radius 2 is 1.78 bits per heavy atom. The van der Waals surface area contributed by atoms with Crippen LogP contribution in [0.1, 0.15) is 14.5 Å². The smallest absolute Gasteiger partial charge is 0.353 e. The van der Waals surface area contributed by atoms with Crippen LogP contribution in [0.2, 0.25) is 0 Å². The van der Waals surface area contributed by atoms with E-state index in [1.165, 1.54) is 27.3 Å². The molecule has 8 heteroatoms. The molecule has 0 saturated heterocycles. The highest BCUT2D eigenvalue weighted by Gasteiger charge is 2.25. The first-order chi connectivity index (χ1) is 10.8. The lowest BCUT2D eigenvalue weighted by atomic mass is 10.3. The van der Waals surface area contributed by atoms with Crippen molar-refractivity contribution in [1.82, 2.24) is 4.31 Å². The largest absolute Gasteiger partial charge is 0.493 e. The number of hydrogen-bond acceptors (Lipinski definition) is 6. The molecule has 6 nitrogen and oxygen atoms in total. The number of benzene rings is 1. The number of aryl methyl sites for hydroxylation is 1. The number of para-hydroxylation sites is 2. The van der Waals surface area contributed by atoms with Gasteiger partial charge in [-0.05, 0) is 25.1 Å². The van der Waals surface area contributed by atoms with Crippen LogP contribution in [0.3, 0.4) is 0 Å². The van der Waals surface area contributed by atoms with Gasteiger partial charge in [0.25, 0.3) is 0 Å². The van der Waals surface area contributed by atoms with Crippen molar-refractivity contribution in [2.75, 3.05) is 21.2 Å². The van der Waals surface area contributed by atoms with Gasteiger partial charge in [-0.1, -0.05) is 12.1 Å². The molecule has 0 aliphatic heterocycles. The maximum absolute atomic E-state index is 12.3. The molecule has 0 fully saturated rings. The summed E-state index contributed by atoms with van der Waals surface area (Å²) in [6, 6.07) is 8.09. The second-order valence-electron chi connectivity index (χ2n) is 4.86. The lowest BCUT2D eigenvalue weighted by Crippen LogP contribution is -2.22. The number of methoxy groups -OCH3 is 1. The lowest BCUT2D eigenvalue weighted by molar-refractivity contribution is 0.0734. The van der Waals surface area contributed by atoms with Gasteiger partial charge in [0.2, 0.25) is 10.0 Å². The Hall–Kier alpha value is -1.90. The van der Waals surface area contributed by atoms with Crippen molar-refractivity contribution in [2.24, 2.45) is 0 Å². The highest BCUT2D eigenvalue weighted by Crippen LogP contribution is 2.30. The number of rotatable bonds is 5. The summed E-state index contributed by atoms with van der Waals surface area (Å²) < 4.78 is 35.9. The summed E-state index contributed by atoms with van der Waals surface area (Å²) in [4.78, 5) is 13.1. The van der Waals surface area contributed by atoms with Crippen LogP contribution in [-0.2, 0) is 10.0 Å². The predicted molar refractivity (Wildman–Crippen MR) is 87.9 cm³/mol. The van der Waals surface area contributed by atoms with Crippen molar-refractivity contribution in [2.45, 2.75) is 11.8 Å². The van der Waals surface area contributed by atoms with E-state index in [1.807, 2.05) is 0 Å². The number of sulfonamides is 1. The maximum Gasteiger partial charge on any atom is 0.353 e. The Bertz CT molecular complexity index is 824. The number of nitrogens with zero attached hydrogens (tertiary/aromatic N) is 1. The number of hydrogen-bond donors (Lipinski definition) is 0. The van der Waals surface area contributed by atoms with Crippen molar-refractivity contribution in [3.05, 3.63) is 40.1 Å². The van der Waals surface area contributed by atoms with Crippen molar-refractivity contribution in [3.63, 3.8) is 0 Å². The fourth-order valence-electron chi connectivity index (χ4n) is 1.87. The summed E-state index contributed by atoms with van der Waals surface area (Å²) in [6.45, 7) is 1.65. The van der Waals surface area contributed by atoms with Gasteiger partial charge in [-0.25, -0.2) is 17.5 Å². The Balaban J connectivity index is 2.32. The van der Waals surface area contributed by atoms with Gasteiger partial charge in [-0.3, -0.25) is 0 Å². The molecule has 0 aliphatic carbocycles. The summed E-state index contributed by atoms with van der Waals surface area (Å²) >= 11 is 1.08. The number of carbonyl (C=O) groups excluding carboxylic acids is 1. The summed E-state index contributed by atoms with van der Waals surface area (Å²) in [5.74, 6) is 0.0844. The fraction of sp³-hybridized carbons (Fsp3) is 0.267. The SMILES string of the molecule is COc1ccccc1OC(=O)c1cc(S(=O)(=O)N(C)C)c(C)s1. The van der Waals surface area contributed by atoms with Crippen LogP contribution in [-0.4, -0.2) is 39.9 Å². The molecule has 23 heavy (non-hydrogen) atoms. The first-order valence-electron chi connectivity index (χ1n) is 6.65. The third-order valence-corrected chi connectivity index (χ3v) is 6.20. The fourth-order valence-corrected chi connectivity index (χ4v) is 4.20. The van der Waals surface area contributed by atoms with E-state index < -0.39 is 16.0 Å². The Morgan fingerprint density at radius 3 is 2.35 bits per heavy atom. The zero-order chi connectivity index (χ0) is 17.2. The molecule has 0 spiro atoms. The van der Waals surface area contributed by atoms with E-state index in [0.717, 1.165) is 15.6 Å². The second-order valence-corrected chi connectivity index (χ2v) is 8.24. The van der Waals surface area contributed by atoms with Crippen LogP contribution >= 0.6 is 11.3 Å². The Kier molecular flexibility index (Phi) is 5.08. The number of carbonyl (C=O) groups is 1. The molecular weight excluding hydrogens is 338 g/mol. The van der Waals surface area contributed by atoms with E-state index in [4.69, 9.17) is 9.47 Å². The Labute approximate surface area is 139 Å². The van der Waals surface area contributed by atoms with Crippen LogP contribution < -0.4 is 9.47 Å². The molecule has 2 rings (SSSR count). The molecule has 0 unspecified atom stereocenters. The predicted octanol–water partition coefficient (Wildman–Crippen LogP) is 2.53. The molecule has 0 amide bonds. The molecule has 124 valence electrons. The summed E-state index contributed by atoms with van der Waals surface area (Å²) in [5.41, 5.74) is 0. The minimum atomic E-state index is -3.59. The molecular formula is C15H17NO5S2. The molecule has 0 saturated carbocycles. The van der Waals surface area contributed by atoms with Gasteiger partial charge in [0, 0.05) is 19.0 Å². The number of ether oxygens (including phenoxy) is 2. The van der Waals surface area contributed by atoms with Crippen LogP contribution in [0.25, 0.3) is 0 Å². The monoisotopic (exact) mass is 355 g/mol. The normalized spacial score (nSPS) is 11.5. The molecule has 0 atom stereocenters. The zero-order valence-electron chi connectivity index (χ0n) is 13.2. The highest BCUT2D eigenvalue weighted by atomic mass is 32.2. The van der Waals surface area contributed by atoms with Crippen LogP contribution in [0.5, 0.6) is 11.5 Å². The minimum Gasteiger partial charge on any atom is -0.493 e. The highest BCUT2D eigenvalue weighted by molar-refractivity contribution is 7.89. The van der Waals surface area contributed by atoms with Gasteiger partial charge in [-0.15, -0.1) is 11.3 Å². The second kappa shape index (κ2) is 6.69. The zero-order valence-corrected chi connectivity index (χ0v) is 14.8. The summed E-state index contributed by atoms with van der Waals surface area (Å²) in [6.07, 6.45) is 0. The molecule has 2 aromatic rings. The minimum absolute atomic E-state index is 0.111. The summed E-state index contributed by atoms with van der Waals surface area (Å²) in [7, 11) is 0.769. The third kappa shape index (κ3) is 3.54. The summed E-state index contributed by atoms with van der Waals surface area (Å²) in [5, 5.41) is 0. The molecule has 0 N–H and O–H groups in total. The van der Waals surface area contributed by atoms with Crippen molar-refractivity contribution >= 4 is 27.3 Å². The Morgan fingerprint density at radius 1 is 1.17 bits per heavy atom. The molecule has 0 aliphatic rings. The van der Waals surface area contributed by atoms with E-state index in [0.29, 0.717) is 10.6 Å². The first kappa shape index (κ1) is 17.5. The standard InChI is InChI=1S/C15H17NO5S2/c1-10-14(23(18,19)16(2)3)9-13(22-10)15(17)21-12-8-6-5-7-11(12)20-4/h5-9H,1-4H3. The van der Waals surface area contributed by atoms with E-state index in [-0.39, 0.29) is 15.5 Å². The van der Waals surface area contributed by atoms with Gasteiger partial charge in [-0.2, -0.15) is 0 Å². The number of thiophene rings is 1. The van der Waals surface area contributed by atoms with Crippen molar-refractivity contribution in [3.8, 4) is 11.5 Å². The number of esters is 1. The first-order valence-corrected chi connectivity index (χ1v) is 8.91. The van der Waals surface area contributed by atoms with E-state index in [9.17, 15) is 13.2 Å². The third-order valence-electron chi connectivity index (χ3n) is 3.10. The molecule has 1 aromatic heterocycles. The topological polar surface area (TPSA) is 72.9 Å². The molecule has 0 bridgehead atoms. The van der Waals surface area contributed by atoms with Crippen molar-refractivity contribution in [1.29, 1.82) is 0 Å². The van der Waals surface area contributed by atoms with Crippen LogP contribution in [0.15, 0.2) is 35.2 Å². The quantitative estimate of drug-likeness (QED) is 0.609. The van der Waals surface area contributed by atoms with E-state index in [2.05, 4.69) is 0 Å². The van der Waals surface area contributed by atoms with Gasteiger partial charge < -0.3 is 9.47 Å². The van der Waals surface area contributed by atoms with Crippen molar-refractivity contribution < 1.29 is 22.7 Å². The van der Waals surface area contributed by atoms with Gasteiger partial charge in [0.15, 0.2) is 11.5 Å². The van der Waals surface area contributed by atoms with Crippen LogP contribution in [0.4, 0.5) is 0 Å². The van der Waals surface area contributed by atoms with E-state index >= 15 is 0 Å².